The quantitative estimate of drug-likeness (QED) is 0.833. The van der Waals surface area contributed by atoms with Gasteiger partial charge in [0, 0.05) is 29.1 Å². The van der Waals surface area contributed by atoms with Crippen LogP contribution in [-0.2, 0) is 11.8 Å². The Labute approximate surface area is 131 Å². The minimum Gasteiger partial charge on any atom is -0.313 e. The predicted octanol–water partition coefficient (Wildman–Crippen LogP) is 4.09. The molecule has 1 aromatic carbocycles. The highest BCUT2D eigenvalue weighted by atomic mass is 32.1. The average Bonchev–Trinajstić information content (AvgIpc) is 3.26. The van der Waals surface area contributed by atoms with Crippen LogP contribution in [0.4, 0.5) is 0 Å². The molecule has 1 N–H and O–H groups in total. The van der Waals surface area contributed by atoms with Gasteiger partial charge >= 0.3 is 0 Å². The van der Waals surface area contributed by atoms with Crippen LogP contribution in [0.15, 0.2) is 36.5 Å². The van der Waals surface area contributed by atoms with Crippen molar-refractivity contribution in [1.82, 2.24) is 10.3 Å². The zero-order valence-corrected chi connectivity index (χ0v) is 13.7. The first-order valence-corrected chi connectivity index (χ1v) is 8.74. The number of aryl methyl sites for hydroxylation is 1. The summed E-state index contributed by atoms with van der Waals surface area (Å²) in [5, 5.41) is 4.92. The van der Waals surface area contributed by atoms with Gasteiger partial charge in [0.25, 0.3) is 0 Å². The van der Waals surface area contributed by atoms with Crippen LogP contribution in [0.1, 0.15) is 41.6 Å². The number of hydrogen-bond donors (Lipinski definition) is 1. The molecule has 1 saturated carbocycles. The lowest BCUT2D eigenvalue weighted by Gasteiger charge is -2.33. The summed E-state index contributed by atoms with van der Waals surface area (Å²) in [5.74, 6) is 0. The van der Waals surface area contributed by atoms with Crippen molar-refractivity contribution in [3.05, 3.63) is 52.0 Å². The standard InChI is InChI=1S/C18H24N2S/c1-3-18(13-20-16-9-10-16,15-7-5-4-6-8-15)11-17-12-19-14(2)21-17/h4-8,12,16,20H,3,9-11,13H2,1-2H3. The molecule has 1 heterocycles. The summed E-state index contributed by atoms with van der Waals surface area (Å²) in [5.41, 5.74) is 1.63. The van der Waals surface area contributed by atoms with Crippen molar-refractivity contribution in [1.29, 1.82) is 0 Å². The van der Waals surface area contributed by atoms with E-state index in [2.05, 4.69) is 60.7 Å². The minimum absolute atomic E-state index is 0.183. The summed E-state index contributed by atoms with van der Waals surface area (Å²) in [6.45, 7) is 5.47. The van der Waals surface area contributed by atoms with Crippen LogP contribution >= 0.6 is 11.3 Å². The van der Waals surface area contributed by atoms with Crippen molar-refractivity contribution in [3.8, 4) is 0 Å². The molecule has 112 valence electrons. The highest BCUT2D eigenvalue weighted by Crippen LogP contribution is 2.34. The summed E-state index contributed by atoms with van der Waals surface area (Å²) in [7, 11) is 0. The second-order valence-electron chi connectivity index (χ2n) is 6.18. The molecule has 2 nitrogen and oxygen atoms in total. The number of nitrogens with zero attached hydrogens (tertiary/aromatic N) is 1. The van der Waals surface area contributed by atoms with E-state index in [1.165, 1.54) is 28.3 Å². The Hall–Kier alpha value is -1.19. The Kier molecular flexibility index (Phi) is 4.41. The molecule has 0 saturated heterocycles. The minimum atomic E-state index is 0.183. The fourth-order valence-electron chi connectivity index (χ4n) is 2.96. The molecule has 0 amide bonds. The topological polar surface area (TPSA) is 24.9 Å². The average molecular weight is 300 g/mol. The summed E-state index contributed by atoms with van der Waals surface area (Å²) in [4.78, 5) is 5.83. The van der Waals surface area contributed by atoms with Crippen LogP contribution in [0.3, 0.4) is 0 Å². The van der Waals surface area contributed by atoms with E-state index in [1.807, 2.05) is 11.3 Å². The fraction of sp³-hybridized carbons (Fsp3) is 0.500. The van der Waals surface area contributed by atoms with Crippen LogP contribution in [0, 0.1) is 6.92 Å². The van der Waals surface area contributed by atoms with Gasteiger partial charge in [-0.1, -0.05) is 37.3 Å². The second-order valence-corrected chi connectivity index (χ2v) is 7.50. The maximum atomic E-state index is 4.43. The number of hydrogen-bond acceptors (Lipinski definition) is 3. The molecule has 21 heavy (non-hydrogen) atoms. The third-order valence-electron chi connectivity index (χ3n) is 4.55. The summed E-state index contributed by atoms with van der Waals surface area (Å²) in [6, 6.07) is 11.7. The molecule has 0 aliphatic heterocycles. The Morgan fingerprint density at radius 3 is 2.62 bits per heavy atom. The Morgan fingerprint density at radius 2 is 2.05 bits per heavy atom. The number of rotatable bonds is 7. The van der Waals surface area contributed by atoms with E-state index in [-0.39, 0.29) is 5.41 Å². The van der Waals surface area contributed by atoms with Crippen LogP contribution in [-0.4, -0.2) is 17.6 Å². The van der Waals surface area contributed by atoms with E-state index in [9.17, 15) is 0 Å². The molecule has 1 unspecified atom stereocenters. The van der Waals surface area contributed by atoms with Gasteiger partial charge in [-0.2, -0.15) is 0 Å². The lowest BCUT2D eigenvalue weighted by Crippen LogP contribution is -2.40. The number of aromatic nitrogens is 1. The Morgan fingerprint density at radius 1 is 1.29 bits per heavy atom. The van der Waals surface area contributed by atoms with E-state index in [4.69, 9.17) is 0 Å². The van der Waals surface area contributed by atoms with E-state index < -0.39 is 0 Å². The largest absolute Gasteiger partial charge is 0.313 e. The van der Waals surface area contributed by atoms with Crippen molar-refractivity contribution in [3.63, 3.8) is 0 Å². The van der Waals surface area contributed by atoms with Gasteiger partial charge in [0.05, 0.1) is 5.01 Å². The molecule has 3 heteroatoms. The maximum Gasteiger partial charge on any atom is 0.0896 e. The smallest absolute Gasteiger partial charge is 0.0896 e. The van der Waals surface area contributed by atoms with Crippen LogP contribution in [0.25, 0.3) is 0 Å². The molecule has 0 spiro atoms. The molecule has 3 rings (SSSR count). The second kappa shape index (κ2) is 6.29. The molecule has 1 aliphatic carbocycles. The van der Waals surface area contributed by atoms with E-state index in [0.717, 1.165) is 25.4 Å². The zero-order valence-electron chi connectivity index (χ0n) is 12.9. The normalized spacial score (nSPS) is 17.6. The van der Waals surface area contributed by atoms with Gasteiger partial charge < -0.3 is 5.32 Å². The van der Waals surface area contributed by atoms with Crippen molar-refractivity contribution in [2.45, 2.75) is 51.0 Å². The SMILES string of the molecule is CCC(CNC1CC1)(Cc1cnc(C)s1)c1ccccc1. The fourth-order valence-corrected chi connectivity index (χ4v) is 3.90. The lowest BCUT2D eigenvalue weighted by atomic mass is 9.75. The number of benzene rings is 1. The molecule has 0 bridgehead atoms. The first kappa shape index (κ1) is 14.7. The van der Waals surface area contributed by atoms with Crippen LogP contribution in [0.5, 0.6) is 0 Å². The first-order chi connectivity index (χ1) is 10.2. The molecule has 0 radical (unpaired) electrons. The van der Waals surface area contributed by atoms with Crippen LogP contribution < -0.4 is 5.32 Å². The first-order valence-electron chi connectivity index (χ1n) is 7.92. The molecule has 1 fully saturated rings. The third kappa shape index (κ3) is 3.53. The Balaban J connectivity index is 1.87. The Bertz CT molecular complexity index is 574. The monoisotopic (exact) mass is 300 g/mol. The highest BCUT2D eigenvalue weighted by molar-refractivity contribution is 7.11. The van der Waals surface area contributed by atoms with Gasteiger partial charge in [0.2, 0.25) is 0 Å². The van der Waals surface area contributed by atoms with Gasteiger partial charge in [-0.05, 0) is 38.2 Å². The van der Waals surface area contributed by atoms with Crippen molar-refractivity contribution < 1.29 is 0 Å². The van der Waals surface area contributed by atoms with Crippen molar-refractivity contribution in [2.75, 3.05) is 6.54 Å². The van der Waals surface area contributed by atoms with Gasteiger partial charge in [-0.3, -0.25) is 0 Å². The third-order valence-corrected chi connectivity index (χ3v) is 5.46. The highest BCUT2D eigenvalue weighted by Gasteiger charge is 2.33. The van der Waals surface area contributed by atoms with E-state index in [1.54, 1.807) is 0 Å². The van der Waals surface area contributed by atoms with Crippen molar-refractivity contribution in [2.24, 2.45) is 0 Å². The molecule has 2 aromatic rings. The van der Waals surface area contributed by atoms with Gasteiger partial charge in [-0.15, -0.1) is 11.3 Å². The predicted molar refractivity (Wildman–Crippen MR) is 90.0 cm³/mol. The number of nitrogens with one attached hydrogen (secondary N) is 1. The number of thiazole rings is 1. The van der Waals surface area contributed by atoms with E-state index in [0.29, 0.717) is 0 Å². The summed E-state index contributed by atoms with van der Waals surface area (Å²) < 4.78 is 0. The van der Waals surface area contributed by atoms with Crippen molar-refractivity contribution >= 4 is 11.3 Å². The van der Waals surface area contributed by atoms with E-state index >= 15 is 0 Å². The molecular weight excluding hydrogens is 276 g/mol. The van der Waals surface area contributed by atoms with Gasteiger partial charge in [0.1, 0.15) is 0 Å². The maximum absolute atomic E-state index is 4.43. The zero-order chi connectivity index (χ0) is 14.7. The van der Waals surface area contributed by atoms with Gasteiger partial charge in [-0.25, -0.2) is 4.98 Å². The molecule has 1 aliphatic rings. The summed E-state index contributed by atoms with van der Waals surface area (Å²) in [6.07, 6.45) is 6.97. The molecule has 1 atom stereocenters. The molecule has 1 aromatic heterocycles. The summed E-state index contributed by atoms with van der Waals surface area (Å²) >= 11 is 1.84. The lowest BCUT2D eigenvalue weighted by molar-refractivity contribution is 0.378. The van der Waals surface area contributed by atoms with Crippen LogP contribution in [0.2, 0.25) is 0 Å². The van der Waals surface area contributed by atoms with Gasteiger partial charge in [0.15, 0.2) is 0 Å². The molecular formula is C18H24N2S.